The predicted molar refractivity (Wildman–Crippen MR) is 57.0 cm³/mol. The zero-order valence-electron chi connectivity index (χ0n) is 9.51. The molecule has 0 saturated carbocycles. The third-order valence-electron chi connectivity index (χ3n) is 2.81. The quantitative estimate of drug-likeness (QED) is 0.637. The van der Waals surface area contributed by atoms with Crippen LogP contribution in [-0.4, -0.2) is 51.8 Å². The van der Waals surface area contributed by atoms with Crippen molar-refractivity contribution in [2.75, 3.05) is 6.54 Å². The van der Waals surface area contributed by atoms with Crippen LogP contribution >= 0.6 is 0 Å². The molecule has 3 N–H and O–H groups in total. The van der Waals surface area contributed by atoms with Crippen LogP contribution in [0.3, 0.4) is 0 Å². The average molecular weight is 230 g/mol. The molecular formula is C10H18N2O4. The Balaban J connectivity index is 2.63. The highest BCUT2D eigenvalue weighted by atomic mass is 16.4. The number of carbonyl (C=O) groups is 2. The molecule has 0 spiro atoms. The molecule has 0 aromatic carbocycles. The topological polar surface area (TPSA) is 89.9 Å². The number of carbonyl (C=O) groups excluding carboxylic acids is 1. The van der Waals surface area contributed by atoms with E-state index in [1.54, 1.807) is 0 Å². The Morgan fingerprint density at radius 3 is 2.69 bits per heavy atom. The molecule has 1 saturated heterocycles. The summed E-state index contributed by atoms with van der Waals surface area (Å²) in [4.78, 5) is 23.8. The number of carboxylic acid groups (broad SMARTS) is 1. The normalized spacial score (nSPS) is 26.6. The molecule has 3 atom stereocenters. The van der Waals surface area contributed by atoms with E-state index in [0.29, 0.717) is 0 Å². The summed E-state index contributed by atoms with van der Waals surface area (Å²) in [5, 5.41) is 21.0. The van der Waals surface area contributed by atoms with Gasteiger partial charge in [0.2, 0.25) is 0 Å². The van der Waals surface area contributed by atoms with Crippen LogP contribution < -0.4 is 5.32 Å². The second-order valence-electron chi connectivity index (χ2n) is 4.15. The molecule has 0 radical (unpaired) electrons. The summed E-state index contributed by atoms with van der Waals surface area (Å²) >= 11 is 0. The fraction of sp³-hybridized carbons (Fsp3) is 0.800. The lowest BCUT2D eigenvalue weighted by molar-refractivity contribution is -0.141. The van der Waals surface area contributed by atoms with E-state index >= 15 is 0 Å². The standard InChI is InChI=1S/C10H18N2O4/c1-3-6(2)11-10(16)12-5-7(13)4-8(12)9(14)15/h6-8,13H,3-5H2,1-2H3,(H,11,16)(H,14,15)/t6?,7?,8-/m0/s1. The number of amides is 2. The minimum absolute atomic E-state index is 0.000289. The van der Waals surface area contributed by atoms with Gasteiger partial charge in [-0.3, -0.25) is 0 Å². The summed E-state index contributed by atoms with van der Waals surface area (Å²) in [6, 6.07) is -1.34. The fourth-order valence-corrected chi connectivity index (χ4v) is 1.67. The van der Waals surface area contributed by atoms with Crippen molar-refractivity contribution < 1.29 is 19.8 Å². The van der Waals surface area contributed by atoms with Gasteiger partial charge in [-0.2, -0.15) is 0 Å². The van der Waals surface area contributed by atoms with Crippen LogP contribution in [0.5, 0.6) is 0 Å². The molecule has 16 heavy (non-hydrogen) atoms. The lowest BCUT2D eigenvalue weighted by atomic mass is 10.2. The number of nitrogens with one attached hydrogen (secondary N) is 1. The number of aliphatic carboxylic acids is 1. The minimum atomic E-state index is -1.07. The van der Waals surface area contributed by atoms with Gasteiger partial charge in [-0.15, -0.1) is 0 Å². The van der Waals surface area contributed by atoms with Crippen molar-refractivity contribution in [3.05, 3.63) is 0 Å². The Bertz CT molecular complexity index is 282. The first kappa shape index (κ1) is 12.8. The number of hydrogen-bond acceptors (Lipinski definition) is 3. The van der Waals surface area contributed by atoms with Crippen LogP contribution in [0.1, 0.15) is 26.7 Å². The predicted octanol–water partition coefficient (Wildman–Crippen LogP) is 0.0143. The lowest BCUT2D eigenvalue weighted by Gasteiger charge is -2.23. The van der Waals surface area contributed by atoms with Gasteiger partial charge in [-0.05, 0) is 13.3 Å². The second-order valence-corrected chi connectivity index (χ2v) is 4.15. The van der Waals surface area contributed by atoms with E-state index in [2.05, 4.69) is 5.32 Å². The van der Waals surface area contributed by atoms with Gasteiger partial charge < -0.3 is 20.4 Å². The Labute approximate surface area is 94.2 Å². The Morgan fingerprint density at radius 2 is 2.19 bits per heavy atom. The zero-order chi connectivity index (χ0) is 12.3. The monoisotopic (exact) mass is 230 g/mol. The van der Waals surface area contributed by atoms with E-state index in [-0.39, 0.29) is 19.0 Å². The Morgan fingerprint density at radius 1 is 1.56 bits per heavy atom. The second kappa shape index (κ2) is 5.16. The van der Waals surface area contributed by atoms with Crippen molar-refractivity contribution in [3.8, 4) is 0 Å². The summed E-state index contributed by atoms with van der Waals surface area (Å²) in [5.41, 5.74) is 0. The highest BCUT2D eigenvalue weighted by molar-refractivity contribution is 5.83. The van der Waals surface area contributed by atoms with Crippen molar-refractivity contribution in [2.24, 2.45) is 0 Å². The highest BCUT2D eigenvalue weighted by Gasteiger charge is 2.39. The molecule has 1 rings (SSSR count). The van der Waals surface area contributed by atoms with Gasteiger partial charge in [-0.1, -0.05) is 6.92 Å². The van der Waals surface area contributed by atoms with Gasteiger partial charge in [-0.25, -0.2) is 9.59 Å². The number of likely N-dealkylation sites (tertiary alicyclic amines) is 1. The maximum atomic E-state index is 11.7. The number of carboxylic acids is 1. The van der Waals surface area contributed by atoms with Gasteiger partial charge >= 0.3 is 12.0 Å². The van der Waals surface area contributed by atoms with Crippen LogP contribution in [0.25, 0.3) is 0 Å². The first-order valence-electron chi connectivity index (χ1n) is 5.43. The number of nitrogens with zero attached hydrogens (tertiary/aromatic N) is 1. The molecule has 92 valence electrons. The van der Waals surface area contributed by atoms with Gasteiger partial charge in [0.05, 0.1) is 6.10 Å². The van der Waals surface area contributed by atoms with Crippen molar-refractivity contribution in [3.63, 3.8) is 0 Å². The molecular weight excluding hydrogens is 212 g/mol. The van der Waals surface area contributed by atoms with E-state index < -0.39 is 24.1 Å². The number of hydrogen-bond donors (Lipinski definition) is 3. The van der Waals surface area contributed by atoms with E-state index in [4.69, 9.17) is 5.11 Å². The van der Waals surface area contributed by atoms with E-state index in [9.17, 15) is 14.7 Å². The third kappa shape index (κ3) is 2.85. The van der Waals surface area contributed by atoms with Gasteiger partial charge in [0.1, 0.15) is 6.04 Å². The van der Waals surface area contributed by atoms with E-state index in [0.717, 1.165) is 6.42 Å². The lowest BCUT2D eigenvalue weighted by Crippen LogP contribution is -2.48. The molecule has 6 heteroatoms. The van der Waals surface area contributed by atoms with E-state index in [1.807, 2.05) is 13.8 Å². The molecule has 1 aliphatic rings. The Hall–Kier alpha value is -1.30. The summed E-state index contributed by atoms with van der Waals surface area (Å²) in [6.45, 7) is 3.86. The largest absolute Gasteiger partial charge is 0.480 e. The van der Waals surface area contributed by atoms with Crippen molar-refractivity contribution in [1.29, 1.82) is 0 Å². The van der Waals surface area contributed by atoms with Crippen LogP contribution in [0.15, 0.2) is 0 Å². The molecule has 0 aromatic rings. The molecule has 0 aromatic heterocycles. The van der Waals surface area contributed by atoms with Gasteiger partial charge in [0.25, 0.3) is 0 Å². The van der Waals surface area contributed by atoms with Gasteiger partial charge in [0, 0.05) is 19.0 Å². The summed E-state index contributed by atoms with van der Waals surface area (Å²) < 4.78 is 0. The smallest absolute Gasteiger partial charge is 0.326 e. The van der Waals surface area contributed by atoms with Crippen LogP contribution in [0.2, 0.25) is 0 Å². The fourth-order valence-electron chi connectivity index (χ4n) is 1.67. The number of β-amino-alcohol motifs (C(OH)–C–C–N with tert-alkyl or cyclic N) is 1. The van der Waals surface area contributed by atoms with Crippen molar-refractivity contribution in [1.82, 2.24) is 10.2 Å². The van der Waals surface area contributed by atoms with Crippen LogP contribution in [-0.2, 0) is 4.79 Å². The highest BCUT2D eigenvalue weighted by Crippen LogP contribution is 2.18. The molecule has 1 fully saturated rings. The summed E-state index contributed by atoms with van der Waals surface area (Å²) in [7, 11) is 0. The number of aliphatic hydroxyl groups excluding tert-OH is 1. The minimum Gasteiger partial charge on any atom is -0.480 e. The average Bonchev–Trinajstić information content (AvgIpc) is 2.60. The van der Waals surface area contributed by atoms with Crippen molar-refractivity contribution in [2.45, 2.75) is 44.9 Å². The molecule has 1 aliphatic heterocycles. The number of aliphatic hydroxyl groups is 1. The number of rotatable bonds is 3. The first-order valence-corrected chi connectivity index (χ1v) is 5.43. The molecule has 2 unspecified atom stereocenters. The van der Waals surface area contributed by atoms with E-state index in [1.165, 1.54) is 4.90 Å². The first-order chi connectivity index (χ1) is 7.45. The molecule has 2 amide bonds. The van der Waals surface area contributed by atoms with Gasteiger partial charge in [0.15, 0.2) is 0 Å². The third-order valence-corrected chi connectivity index (χ3v) is 2.81. The molecule has 1 heterocycles. The zero-order valence-corrected chi connectivity index (χ0v) is 9.51. The SMILES string of the molecule is CCC(C)NC(=O)N1CC(O)C[C@H]1C(=O)O. The maximum absolute atomic E-state index is 11.7. The maximum Gasteiger partial charge on any atom is 0.326 e. The molecule has 6 nitrogen and oxygen atoms in total. The molecule has 0 aliphatic carbocycles. The molecule has 0 bridgehead atoms. The number of urea groups is 1. The van der Waals surface area contributed by atoms with Crippen LogP contribution in [0.4, 0.5) is 4.79 Å². The summed E-state index contributed by atoms with van der Waals surface area (Å²) in [6.07, 6.45) is 0.132. The van der Waals surface area contributed by atoms with Crippen LogP contribution in [0, 0.1) is 0 Å². The Kier molecular flexibility index (Phi) is 4.12. The summed E-state index contributed by atoms with van der Waals surface area (Å²) in [5.74, 6) is -1.07. The van der Waals surface area contributed by atoms with Crippen molar-refractivity contribution >= 4 is 12.0 Å².